The summed E-state index contributed by atoms with van der Waals surface area (Å²) < 4.78 is 33.2. The van der Waals surface area contributed by atoms with Crippen molar-refractivity contribution in [2.24, 2.45) is 34.0 Å². The number of aryl methyl sites for hydroxylation is 1. The Morgan fingerprint density at radius 1 is 1.21 bits per heavy atom. The van der Waals surface area contributed by atoms with Gasteiger partial charge < -0.3 is 10.2 Å². The lowest BCUT2D eigenvalue weighted by molar-refractivity contribution is -0.212. The van der Waals surface area contributed by atoms with Gasteiger partial charge in [0.25, 0.3) is 0 Å². The van der Waals surface area contributed by atoms with Crippen molar-refractivity contribution in [3.63, 3.8) is 0 Å². The van der Waals surface area contributed by atoms with Gasteiger partial charge in [-0.25, -0.2) is 8.78 Å². The van der Waals surface area contributed by atoms with Crippen LogP contribution in [0.3, 0.4) is 0 Å². The van der Waals surface area contributed by atoms with E-state index in [1.165, 1.54) is 18.2 Å². The number of aliphatic hydroxyl groups excluding tert-OH is 2. The number of alkyl halides is 2. The molecule has 1 saturated heterocycles. The van der Waals surface area contributed by atoms with Crippen LogP contribution >= 0.6 is 0 Å². The minimum Gasteiger partial charge on any atom is -0.390 e. The third-order valence-electron chi connectivity index (χ3n) is 11.4. The fourth-order valence-corrected chi connectivity index (χ4v) is 9.71. The lowest BCUT2D eigenvalue weighted by Crippen LogP contribution is -2.69. The molecule has 1 aromatic rings. The lowest BCUT2D eigenvalue weighted by Gasteiger charge is -2.63. The van der Waals surface area contributed by atoms with Gasteiger partial charge in [-0.2, -0.15) is 0 Å². The van der Waals surface area contributed by atoms with Gasteiger partial charge >= 0.3 is 0 Å². The van der Waals surface area contributed by atoms with E-state index in [0.717, 1.165) is 11.1 Å². The molecule has 1 heterocycles. The van der Waals surface area contributed by atoms with Gasteiger partial charge in [0.15, 0.2) is 17.2 Å². The van der Waals surface area contributed by atoms with Crippen LogP contribution in [0.5, 0.6) is 0 Å². The Bertz CT molecular complexity index is 1260. The molecule has 4 aliphatic carbocycles. The highest BCUT2D eigenvalue weighted by Crippen LogP contribution is 2.74. The van der Waals surface area contributed by atoms with Gasteiger partial charge in [0.05, 0.1) is 11.5 Å². The van der Waals surface area contributed by atoms with Crippen molar-refractivity contribution in [1.29, 1.82) is 0 Å². The highest BCUT2D eigenvalue weighted by molar-refractivity contribution is 6.01. The van der Waals surface area contributed by atoms with Crippen molar-refractivity contribution in [3.05, 3.63) is 59.2 Å². The second-order valence-electron chi connectivity index (χ2n) is 13.0. The summed E-state index contributed by atoms with van der Waals surface area (Å²) >= 11 is 0. The van der Waals surface area contributed by atoms with Gasteiger partial charge in [0.2, 0.25) is 0 Å². The predicted molar refractivity (Wildman–Crippen MR) is 138 cm³/mol. The topological polar surface area (TPSA) is 77.8 Å². The largest absolute Gasteiger partial charge is 0.390 e. The summed E-state index contributed by atoms with van der Waals surface area (Å²) in [6.07, 6.45) is 1.45. The number of carbonyl (C=O) groups is 2. The Balaban J connectivity index is 1.40. The van der Waals surface area contributed by atoms with Gasteiger partial charge in [-0.05, 0) is 73.6 Å². The highest BCUT2D eigenvalue weighted by Gasteiger charge is 2.78. The molecule has 6 rings (SSSR count). The SMILES string of the molecule is Cc1cccc(CN2C[C@@H]3C[C@H]4[C@@H]5C[C@H](F)C6=CC(=O)C=C[C@]6(C)[C@@]5(F)[C@@H](O)C[C@]4(C)[C@@]3(C(=O)CO)C2)c1. The van der Waals surface area contributed by atoms with Crippen molar-refractivity contribution in [3.8, 4) is 0 Å². The Kier molecular flexibility index (Phi) is 5.75. The van der Waals surface area contributed by atoms with Crippen LogP contribution in [0.1, 0.15) is 44.2 Å². The van der Waals surface area contributed by atoms with E-state index in [9.17, 15) is 19.8 Å². The third kappa shape index (κ3) is 3.12. The molecule has 1 aliphatic heterocycles. The Morgan fingerprint density at radius 3 is 2.68 bits per heavy atom. The molecule has 7 heteroatoms. The van der Waals surface area contributed by atoms with E-state index < -0.39 is 46.7 Å². The zero-order valence-electron chi connectivity index (χ0n) is 22.3. The normalized spacial score (nSPS) is 45.7. The number of likely N-dealkylation sites (tertiary alicyclic amines) is 1. The molecule has 4 fully saturated rings. The number of hydrogen-bond acceptors (Lipinski definition) is 5. The molecule has 0 bridgehead atoms. The molecule has 9 atom stereocenters. The molecule has 0 amide bonds. The Labute approximate surface area is 222 Å². The van der Waals surface area contributed by atoms with Crippen LogP contribution in [0.4, 0.5) is 8.78 Å². The standard InChI is InChI=1S/C31H37F2NO4/c1-18-5-4-6-19(9-18)14-34-15-20-10-22-23-12-25(32)24-11-21(36)7-8-28(24,2)31(23,33)26(37)13-29(22,3)30(20,17-34)27(38)16-35/h4-9,11,20,22-23,25-26,35,37H,10,12-17H2,1-3H3/t20-,22-,23-,25-,26-,28-,29-,30-,31-/m0/s1. The number of benzene rings is 1. The number of nitrogens with zero attached hydrogens (tertiary/aromatic N) is 1. The summed E-state index contributed by atoms with van der Waals surface area (Å²) in [5.74, 6) is -1.90. The van der Waals surface area contributed by atoms with E-state index in [1.54, 1.807) is 6.92 Å². The molecular weight excluding hydrogens is 488 g/mol. The number of fused-ring (bicyclic) bond motifs is 7. The zero-order chi connectivity index (χ0) is 27.3. The van der Waals surface area contributed by atoms with Gasteiger partial charge in [0, 0.05) is 31.0 Å². The maximum absolute atomic E-state index is 17.5. The first-order chi connectivity index (χ1) is 17.9. The Hall–Kier alpha value is -2.22. The van der Waals surface area contributed by atoms with Crippen LogP contribution in [0.15, 0.2) is 48.1 Å². The van der Waals surface area contributed by atoms with E-state index in [1.807, 2.05) is 26.0 Å². The number of aliphatic hydroxyl groups is 2. The van der Waals surface area contributed by atoms with Crippen molar-refractivity contribution in [2.75, 3.05) is 19.7 Å². The van der Waals surface area contributed by atoms with Gasteiger partial charge in [-0.1, -0.05) is 42.8 Å². The molecule has 5 aliphatic rings. The minimum atomic E-state index is -2.16. The second-order valence-corrected chi connectivity index (χ2v) is 13.0. The number of halogens is 2. The third-order valence-corrected chi connectivity index (χ3v) is 11.4. The smallest absolute Gasteiger partial charge is 0.178 e. The number of rotatable bonds is 4. The first-order valence-corrected chi connectivity index (χ1v) is 13.8. The Morgan fingerprint density at radius 2 is 1.97 bits per heavy atom. The quantitative estimate of drug-likeness (QED) is 0.624. The number of Topliss-reactive ketones (excluding diaryl/α,β-unsaturated/α-hetero) is 1. The second kappa shape index (κ2) is 8.39. The molecule has 38 heavy (non-hydrogen) atoms. The fraction of sp³-hybridized carbons (Fsp3) is 0.613. The van der Waals surface area contributed by atoms with E-state index in [0.29, 0.717) is 26.1 Å². The molecule has 204 valence electrons. The molecule has 0 radical (unpaired) electrons. The van der Waals surface area contributed by atoms with Crippen LogP contribution in [-0.2, 0) is 16.1 Å². The minimum absolute atomic E-state index is 0.0484. The van der Waals surface area contributed by atoms with E-state index in [4.69, 9.17) is 0 Å². The maximum atomic E-state index is 17.5. The average molecular weight is 526 g/mol. The van der Waals surface area contributed by atoms with Crippen molar-refractivity contribution in [2.45, 2.75) is 64.5 Å². The monoisotopic (exact) mass is 525 g/mol. The number of ketones is 2. The molecule has 1 aromatic carbocycles. The van der Waals surface area contributed by atoms with Gasteiger partial charge in [-0.15, -0.1) is 0 Å². The summed E-state index contributed by atoms with van der Waals surface area (Å²) in [4.78, 5) is 28.0. The number of carbonyl (C=O) groups excluding carboxylic acids is 2. The number of hydrogen-bond donors (Lipinski definition) is 2. The van der Waals surface area contributed by atoms with E-state index >= 15 is 8.78 Å². The molecule has 0 aromatic heterocycles. The van der Waals surface area contributed by atoms with E-state index in [-0.39, 0.29) is 41.8 Å². The van der Waals surface area contributed by atoms with Crippen molar-refractivity contribution < 1.29 is 28.6 Å². The van der Waals surface area contributed by atoms with Crippen LogP contribution in [0, 0.1) is 40.9 Å². The maximum Gasteiger partial charge on any atom is 0.178 e. The molecule has 2 N–H and O–H groups in total. The molecule has 3 saturated carbocycles. The zero-order valence-corrected chi connectivity index (χ0v) is 22.3. The number of allylic oxidation sites excluding steroid dienone is 4. The van der Waals surface area contributed by atoms with E-state index in [2.05, 4.69) is 17.0 Å². The van der Waals surface area contributed by atoms with Crippen molar-refractivity contribution >= 4 is 11.6 Å². The van der Waals surface area contributed by atoms with Crippen LogP contribution in [0.25, 0.3) is 0 Å². The summed E-state index contributed by atoms with van der Waals surface area (Å²) in [6, 6.07) is 8.24. The van der Waals surface area contributed by atoms with Gasteiger partial charge in [0.1, 0.15) is 12.8 Å². The summed E-state index contributed by atoms with van der Waals surface area (Å²) in [6.45, 7) is 6.70. The van der Waals surface area contributed by atoms with Crippen LogP contribution in [0.2, 0.25) is 0 Å². The van der Waals surface area contributed by atoms with Gasteiger partial charge in [-0.3, -0.25) is 14.5 Å². The summed E-state index contributed by atoms with van der Waals surface area (Å²) in [7, 11) is 0. The molecule has 0 spiro atoms. The van der Waals surface area contributed by atoms with Crippen molar-refractivity contribution in [1.82, 2.24) is 4.90 Å². The molecule has 0 unspecified atom stereocenters. The fourth-order valence-electron chi connectivity index (χ4n) is 9.71. The van der Waals surface area contributed by atoms with Crippen LogP contribution < -0.4 is 0 Å². The van der Waals surface area contributed by atoms with Crippen LogP contribution in [-0.4, -0.2) is 64.3 Å². The lowest BCUT2D eigenvalue weighted by atomic mass is 9.43. The first-order valence-electron chi connectivity index (χ1n) is 13.8. The predicted octanol–water partition coefficient (Wildman–Crippen LogP) is 3.90. The molecule has 5 nitrogen and oxygen atoms in total. The average Bonchev–Trinajstić information content (AvgIpc) is 3.34. The molecular formula is C31H37F2NO4. The summed E-state index contributed by atoms with van der Waals surface area (Å²) in [5, 5.41) is 21.8. The summed E-state index contributed by atoms with van der Waals surface area (Å²) in [5.41, 5.74) is -2.94. The highest BCUT2D eigenvalue weighted by atomic mass is 19.1. The first kappa shape index (κ1) is 26.0.